The molecule has 0 aliphatic rings. The van der Waals surface area contributed by atoms with Gasteiger partial charge in [0, 0.05) is 12.8 Å². The molecule has 0 spiro atoms. The second kappa shape index (κ2) is 49.8. The van der Waals surface area contributed by atoms with Crippen LogP contribution in [-0.4, -0.2) is 22.2 Å². The van der Waals surface area contributed by atoms with Crippen LogP contribution in [0.5, 0.6) is 0 Å². The lowest BCUT2D eigenvalue weighted by Gasteiger charge is -1.87. The van der Waals surface area contributed by atoms with E-state index in [4.69, 9.17) is 10.2 Å². The Hall–Kier alpha value is -3.60. The lowest BCUT2D eigenvalue weighted by Crippen LogP contribution is -1.91. The molecule has 0 bridgehead atoms. The molecule has 0 unspecified atom stereocenters. The Balaban J connectivity index is -0.000000407. The van der Waals surface area contributed by atoms with Crippen LogP contribution in [-0.2, 0) is 9.59 Å². The van der Waals surface area contributed by atoms with Gasteiger partial charge in [0.1, 0.15) is 0 Å². The first-order chi connectivity index (χ1) is 23.5. The molecule has 0 atom stereocenters. The smallest absolute Gasteiger partial charge is 0.303 e. The number of carbonyl (C=O) groups is 2. The van der Waals surface area contributed by atoms with Gasteiger partial charge in [0.15, 0.2) is 0 Å². The fraction of sp³-hybridized carbons (Fsp3) is 0.409. The van der Waals surface area contributed by atoms with Crippen molar-refractivity contribution in [2.24, 2.45) is 0 Å². The summed E-state index contributed by atoms with van der Waals surface area (Å²) in [6.07, 6.45) is 64.9. The van der Waals surface area contributed by atoms with Crippen molar-refractivity contribution in [3.63, 3.8) is 0 Å². The first kappa shape index (κ1) is 53.2. The summed E-state index contributed by atoms with van der Waals surface area (Å²) in [5.74, 6) is -1.48. The van der Waals surface area contributed by atoms with Gasteiger partial charge in [-0.3, -0.25) is 9.59 Å². The number of carboxylic acids is 2. The number of rotatable bonds is 28. The highest BCUT2D eigenvalue weighted by Crippen LogP contribution is 1.99. The molecule has 0 fully saturated rings. The Morgan fingerprint density at radius 3 is 0.640 bits per heavy atom. The molecule has 6 heteroatoms. The van der Waals surface area contributed by atoms with Crippen molar-refractivity contribution in [1.82, 2.24) is 0 Å². The minimum Gasteiger partial charge on any atom is -0.481 e. The summed E-state index contributed by atoms with van der Waals surface area (Å²) < 4.78 is 0. The van der Waals surface area contributed by atoms with Gasteiger partial charge in [-0.1, -0.05) is 160 Å². The van der Waals surface area contributed by atoms with Crippen LogP contribution in [0, 0.1) is 0 Å². The average molecular weight is 730 g/mol. The van der Waals surface area contributed by atoms with Crippen LogP contribution in [0.25, 0.3) is 0 Å². The summed E-state index contributed by atoms with van der Waals surface area (Å²) in [5.41, 5.74) is 0. The van der Waals surface area contributed by atoms with Crippen LogP contribution in [0.15, 0.2) is 146 Å². The third-order valence-electron chi connectivity index (χ3n) is 6.24. The molecule has 2 N–H and O–H groups in total. The maximum Gasteiger partial charge on any atom is 0.303 e. The van der Waals surface area contributed by atoms with E-state index in [2.05, 4.69) is 135 Å². The maximum atomic E-state index is 10.3. The molecule has 0 amide bonds. The van der Waals surface area contributed by atoms with Gasteiger partial charge in [0.25, 0.3) is 0 Å². The molecular formula is C44H66Cl2O4. The Labute approximate surface area is 317 Å². The Bertz CT molecular complexity index is 1020. The van der Waals surface area contributed by atoms with Crippen LogP contribution in [0.4, 0.5) is 0 Å². The minimum absolute atomic E-state index is 0. The van der Waals surface area contributed by atoms with Gasteiger partial charge in [-0.15, -0.1) is 24.8 Å². The van der Waals surface area contributed by atoms with E-state index in [0.717, 1.165) is 77.0 Å². The Morgan fingerprint density at radius 2 is 0.480 bits per heavy atom. The van der Waals surface area contributed by atoms with Gasteiger partial charge in [-0.25, -0.2) is 0 Å². The molecule has 0 saturated carbocycles. The lowest BCUT2D eigenvalue weighted by molar-refractivity contribution is -0.137. The van der Waals surface area contributed by atoms with E-state index in [1.165, 1.54) is 0 Å². The van der Waals surface area contributed by atoms with Gasteiger partial charge < -0.3 is 10.2 Å². The number of hydrogen-bond acceptors (Lipinski definition) is 2. The molecule has 4 nitrogen and oxygen atoms in total. The molecule has 0 saturated heterocycles. The van der Waals surface area contributed by atoms with E-state index < -0.39 is 11.9 Å². The number of aliphatic carboxylic acids is 2. The molecule has 0 aromatic carbocycles. The normalized spacial score (nSPS) is 12.5. The summed E-state index contributed by atoms with van der Waals surface area (Å²) >= 11 is 0. The van der Waals surface area contributed by atoms with Crippen LogP contribution in [0.3, 0.4) is 0 Å². The quantitative estimate of drug-likeness (QED) is 0.0786. The molecule has 50 heavy (non-hydrogen) atoms. The molecule has 0 aliphatic carbocycles. The molecule has 0 rings (SSSR count). The summed E-state index contributed by atoms with van der Waals surface area (Å²) in [4.78, 5) is 20.6. The summed E-state index contributed by atoms with van der Waals surface area (Å²) in [7, 11) is 0. The first-order valence-corrected chi connectivity index (χ1v) is 17.8. The van der Waals surface area contributed by atoms with E-state index in [0.29, 0.717) is 12.8 Å². The fourth-order valence-electron chi connectivity index (χ4n) is 3.69. The Morgan fingerprint density at radius 1 is 0.320 bits per heavy atom. The summed E-state index contributed by atoms with van der Waals surface area (Å²) in [6.45, 7) is 4.29. The first-order valence-electron chi connectivity index (χ1n) is 17.8. The van der Waals surface area contributed by atoms with Crippen molar-refractivity contribution in [1.29, 1.82) is 0 Å². The van der Waals surface area contributed by atoms with Gasteiger partial charge in [0.05, 0.1) is 0 Å². The second-order valence-electron chi connectivity index (χ2n) is 10.7. The van der Waals surface area contributed by atoms with E-state index in [9.17, 15) is 9.59 Å². The van der Waals surface area contributed by atoms with E-state index in [1.807, 2.05) is 24.3 Å². The third kappa shape index (κ3) is 56.7. The van der Waals surface area contributed by atoms with Crippen molar-refractivity contribution >= 4 is 36.8 Å². The van der Waals surface area contributed by atoms with Crippen molar-refractivity contribution in [2.45, 2.75) is 117 Å². The zero-order valence-corrected chi connectivity index (χ0v) is 32.3. The van der Waals surface area contributed by atoms with Crippen molar-refractivity contribution in [3.05, 3.63) is 146 Å². The fourth-order valence-corrected chi connectivity index (χ4v) is 3.69. The predicted molar refractivity (Wildman–Crippen MR) is 225 cm³/mol. The monoisotopic (exact) mass is 728 g/mol. The SMILES string of the molecule is CC/C=C\C/C=C\C/C=C\C/C=C\C/C=C\C/C=C\CCC(=O)O.CC/C=C\C/C=C\C/C=C\C/C=C\C/C=C\C/C=C\CCC(=O)O.Cl.Cl. The highest BCUT2D eigenvalue weighted by atomic mass is 35.5. The Kier molecular flexibility index (Phi) is 53.0. The van der Waals surface area contributed by atoms with Crippen molar-refractivity contribution < 1.29 is 19.8 Å². The van der Waals surface area contributed by atoms with Crippen LogP contribution in [0.1, 0.15) is 117 Å². The summed E-state index contributed by atoms with van der Waals surface area (Å²) in [6, 6.07) is 0. The zero-order chi connectivity index (χ0) is 35.4. The van der Waals surface area contributed by atoms with Gasteiger partial charge >= 0.3 is 11.9 Å². The summed E-state index contributed by atoms with van der Waals surface area (Å²) in [5, 5.41) is 17.0. The predicted octanol–water partition coefficient (Wildman–Crippen LogP) is 13.9. The largest absolute Gasteiger partial charge is 0.481 e. The zero-order valence-electron chi connectivity index (χ0n) is 30.7. The van der Waals surface area contributed by atoms with Gasteiger partial charge in [-0.05, 0) is 89.9 Å². The molecule has 0 aliphatic heterocycles. The second-order valence-corrected chi connectivity index (χ2v) is 10.7. The third-order valence-corrected chi connectivity index (χ3v) is 6.24. The van der Waals surface area contributed by atoms with E-state index in [1.54, 1.807) is 0 Å². The maximum absolute atomic E-state index is 10.3. The molecule has 0 heterocycles. The number of halogens is 2. The average Bonchev–Trinajstić information content (AvgIpc) is 3.07. The van der Waals surface area contributed by atoms with Crippen molar-refractivity contribution in [2.75, 3.05) is 0 Å². The number of hydrogen-bond donors (Lipinski definition) is 2. The standard InChI is InChI=1S/2C22H32O2.2ClH/c2*1-2-3-4-5-6-7-8-9-10-11-12-13-14-15-16-17-18-19-20-21-22(23)24;;/h2*3-4,6-7,9-10,12-13,15-16,18-19H,2,5,8,11,14,17,20-21H2,1H3,(H,23,24);2*1H/b2*4-3-,7-6-,10-9-,13-12-,16-15-,19-18-;;. The molecule has 0 aromatic rings. The molecule has 0 radical (unpaired) electrons. The van der Waals surface area contributed by atoms with Gasteiger partial charge in [-0.2, -0.15) is 0 Å². The highest BCUT2D eigenvalue weighted by Gasteiger charge is 1.91. The topological polar surface area (TPSA) is 74.6 Å². The van der Waals surface area contributed by atoms with E-state index >= 15 is 0 Å². The van der Waals surface area contributed by atoms with Crippen molar-refractivity contribution in [3.8, 4) is 0 Å². The van der Waals surface area contributed by atoms with Crippen LogP contribution in [0.2, 0.25) is 0 Å². The lowest BCUT2D eigenvalue weighted by atomic mass is 10.2. The molecular weight excluding hydrogens is 663 g/mol. The highest BCUT2D eigenvalue weighted by molar-refractivity contribution is 5.85. The molecule has 0 aromatic heterocycles. The molecule has 280 valence electrons. The van der Waals surface area contributed by atoms with Gasteiger partial charge in [0.2, 0.25) is 0 Å². The number of carboxylic acid groups (broad SMARTS) is 2. The van der Waals surface area contributed by atoms with Crippen LogP contribution < -0.4 is 0 Å². The minimum atomic E-state index is -0.741. The van der Waals surface area contributed by atoms with Crippen LogP contribution >= 0.6 is 24.8 Å². The number of allylic oxidation sites excluding steroid dienone is 24. The van der Waals surface area contributed by atoms with E-state index in [-0.39, 0.29) is 37.7 Å².